The number of likely N-dealkylation sites (N-methyl/N-ethyl adjacent to an activating group) is 1. The minimum absolute atomic E-state index is 0.0156. The summed E-state index contributed by atoms with van der Waals surface area (Å²) in [5.74, 6) is -0.325. The average molecular weight is 475 g/mol. The number of benzene rings is 2. The first-order valence-electron chi connectivity index (χ1n) is 11.9. The summed E-state index contributed by atoms with van der Waals surface area (Å²) >= 11 is 0. The number of halogens is 1. The molecule has 3 aromatic rings. The van der Waals surface area contributed by atoms with Crippen LogP contribution >= 0.6 is 0 Å². The first kappa shape index (κ1) is 24.4. The van der Waals surface area contributed by atoms with Crippen molar-refractivity contribution in [2.24, 2.45) is 13.0 Å². The SMILES string of the molecule is CN(C(=O)c1ccn(C)n1)[C@H](Cc1ccccc1)C1CCN(C(=O)/C=C/c2ccccc2F)CC1. The molecule has 2 aromatic carbocycles. The quantitative estimate of drug-likeness (QED) is 0.483. The fourth-order valence-electron chi connectivity index (χ4n) is 4.72. The summed E-state index contributed by atoms with van der Waals surface area (Å²) in [4.78, 5) is 29.5. The molecular formula is C28H31FN4O2. The lowest BCUT2D eigenvalue weighted by atomic mass is 9.84. The van der Waals surface area contributed by atoms with Crippen LogP contribution in [0.2, 0.25) is 0 Å². The molecule has 0 unspecified atom stereocenters. The molecule has 6 nitrogen and oxygen atoms in total. The van der Waals surface area contributed by atoms with Gasteiger partial charge in [0.1, 0.15) is 11.5 Å². The van der Waals surface area contributed by atoms with Crippen molar-refractivity contribution in [3.8, 4) is 0 Å². The lowest BCUT2D eigenvalue weighted by Gasteiger charge is -2.39. The van der Waals surface area contributed by atoms with Crippen LogP contribution in [0.4, 0.5) is 4.39 Å². The van der Waals surface area contributed by atoms with Gasteiger partial charge < -0.3 is 9.80 Å². The van der Waals surface area contributed by atoms with Gasteiger partial charge in [-0.05, 0) is 49.0 Å². The van der Waals surface area contributed by atoms with Crippen LogP contribution < -0.4 is 0 Å². The largest absolute Gasteiger partial charge is 0.339 e. The van der Waals surface area contributed by atoms with Gasteiger partial charge in [-0.25, -0.2) is 4.39 Å². The molecule has 4 rings (SSSR count). The number of carbonyl (C=O) groups is 2. The second kappa shape index (κ2) is 11.1. The van der Waals surface area contributed by atoms with Gasteiger partial charge in [0.15, 0.2) is 0 Å². The highest BCUT2D eigenvalue weighted by atomic mass is 19.1. The summed E-state index contributed by atoms with van der Waals surface area (Å²) in [6.07, 6.45) is 7.05. The van der Waals surface area contributed by atoms with Crippen molar-refractivity contribution >= 4 is 17.9 Å². The summed E-state index contributed by atoms with van der Waals surface area (Å²) < 4.78 is 15.5. The maximum atomic E-state index is 13.9. The highest BCUT2D eigenvalue weighted by Crippen LogP contribution is 2.27. The zero-order valence-corrected chi connectivity index (χ0v) is 20.2. The zero-order valence-electron chi connectivity index (χ0n) is 20.2. The van der Waals surface area contributed by atoms with Gasteiger partial charge >= 0.3 is 0 Å². The van der Waals surface area contributed by atoms with Crippen molar-refractivity contribution in [2.75, 3.05) is 20.1 Å². The van der Waals surface area contributed by atoms with E-state index in [0.717, 1.165) is 19.3 Å². The third-order valence-corrected chi connectivity index (χ3v) is 6.74. The maximum Gasteiger partial charge on any atom is 0.274 e. The molecule has 2 heterocycles. The molecule has 2 amide bonds. The second-order valence-corrected chi connectivity index (χ2v) is 9.07. The molecule has 35 heavy (non-hydrogen) atoms. The second-order valence-electron chi connectivity index (χ2n) is 9.07. The van der Waals surface area contributed by atoms with Crippen LogP contribution in [0.3, 0.4) is 0 Å². The molecule has 7 heteroatoms. The minimum atomic E-state index is -0.348. The predicted molar refractivity (Wildman–Crippen MR) is 134 cm³/mol. The average Bonchev–Trinajstić information content (AvgIpc) is 3.32. The normalized spacial score (nSPS) is 15.3. The lowest BCUT2D eigenvalue weighted by Crippen LogP contribution is -2.48. The molecule has 0 aliphatic carbocycles. The maximum absolute atomic E-state index is 13.9. The van der Waals surface area contributed by atoms with Crippen molar-refractivity contribution in [1.82, 2.24) is 19.6 Å². The first-order chi connectivity index (χ1) is 16.9. The Morgan fingerprint density at radius 3 is 2.43 bits per heavy atom. The van der Waals surface area contributed by atoms with Gasteiger partial charge in [0.05, 0.1) is 0 Å². The van der Waals surface area contributed by atoms with Crippen molar-refractivity contribution < 1.29 is 14.0 Å². The topological polar surface area (TPSA) is 58.4 Å². The Labute approximate surface area is 205 Å². The zero-order chi connectivity index (χ0) is 24.8. The summed E-state index contributed by atoms with van der Waals surface area (Å²) in [7, 11) is 3.64. The van der Waals surface area contributed by atoms with Gasteiger partial charge in [-0.2, -0.15) is 5.10 Å². The Balaban J connectivity index is 1.44. The fraction of sp³-hybridized carbons (Fsp3) is 0.321. The van der Waals surface area contributed by atoms with Crippen molar-refractivity contribution in [1.29, 1.82) is 0 Å². The van der Waals surface area contributed by atoms with Crippen LogP contribution in [-0.4, -0.2) is 57.6 Å². The number of amides is 2. The van der Waals surface area contributed by atoms with Gasteiger partial charge in [0.2, 0.25) is 5.91 Å². The molecule has 0 saturated carbocycles. The smallest absolute Gasteiger partial charge is 0.274 e. The molecular weight excluding hydrogens is 443 g/mol. The van der Waals surface area contributed by atoms with E-state index in [4.69, 9.17) is 0 Å². The molecule has 1 saturated heterocycles. The van der Waals surface area contributed by atoms with E-state index in [-0.39, 0.29) is 29.6 Å². The molecule has 0 spiro atoms. The number of nitrogens with zero attached hydrogens (tertiary/aromatic N) is 4. The van der Waals surface area contributed by atoms with Crippen LogP contribution in [-0.2, 0) is 18.3 Å². The lowest BCUT2D eigenvalue weighted by molar-refractivity contribution is -0.127. The highest BCUT2D eigenvalue weighted by Gasteiger charge is 2.33. The Kier molecular flexibility index (Phi) is 7.75. The van der Waals surface area contributed by atoms with Crippen LogP contribution in [0.15, 0.2) is 72.9 Å². The molecule has 0 bridgehead atoms. The monoisotopic (exact) mass is 474 g/mol. The van der Waals surface area contributed by atoms with Gasteiger partial charge in [0, 0.05) is 51.1 Å². The first-order valence-corrected chi connectivity index (χ1v) is 11.9. The van der Waals surface area contributed by atoms with Gasteiger partial charge in [-0.1, -0.05) is 48.5 Å². The fourth-order valence-corrected chi connectivity index (χ4v) is 4.72. The van der Waals surface area contributed by atoms with E-state index in [9.17, 15) is 14.0 Å². The van der Waals surface area contributed by atoms with Crippen molar-refractivity contribution in [2.45, 2.75) is 25.3 Å². The summed E-state index contributed by atoms with van der Waals surface area (Å²) in [5.41, 5.74) is 2.00. The molecule has 0 radical (unpaired) electrons. The molecule has 1 aliphatic heterocycles. The van der Waals surface area contributed by atoms with Gasteiger partial charge in [-0.3, -0.25) is 14.3 Å². The highest BCUT2D eigenvalue weighted by molar-refractivity contribution is 5.92. The van der Waals surface area contributed by atoms with Crippen LogP contribution in [0.5, 0.6) is 0 Å². The van der Waals surface area contributed by atoms with Gasteiger partial charge in [0.25, 0.3) is 5.91 Å². The number of carbonyl (C=O) groups excluding carboxylic acids is 2. The third kappa shape index (κ3) is 6.04. The van der Waals surface area contributed by atoms with Crippen LogP contribution in [0, 0.1) is 11.7 Å². The molecule has 182 valence electrons. The number of likely N-dealkylation sites (tertiary alicyclic amines) is 1. The Hall–Kier alpha value is -3.74. The molecule has 1 aliphatic rings. The number of piperidine rings is 1. The van der Waals surface area contributed by atoms with E-state index in [1.165, 1.54) is 23.8 Å². The number of rotatable bonds is 7. The Morgan fingerprint density at radius 2 is 1.77 bits per heavy atom. The van der Waals surface area contributed by atoms with E-state index in [1.807, 2.05) is 30.1 Å². The number of hydrogen-bond acceptors (Lipinski definition) is 3. The van der Waals surface area contributed by atoms with E-state index in [1.54, 1.807) is 47.1 Å². The van der Waals surface area contributed by atoms with Crippen molar-refractivity contribution in [3.63, 3.8) is 0 Å². The van der Waals surface area contributed by atoms with E-state index in [0.29, 0.717) is 24.3 Å². The Morgan fingerprint density at radius 1 is 1.09 bits per heavy atom. The van der Waals surface area contributed by atoms with E-state index < -0.39 is 0 Å². The van der Waals surface area contributed by atoms with Crippen LogP contribution in [0.1, 0.15) is 34.5 Å². The van der Waals surface area contributed by atoms with Gasteiger partial charge in [-0.15, -0.1) is 0 Å². The number of aromatic nitrogens is 2. The third-order valence-electron chi connectivity index (χ3n) is 6.74. The standard InChI is InChI=1S/C28H31FN4O2/c1-31-17-16-25(30-31)28(35)32(2)26(20-21-8-4-3-5-9-21)23-14-18-33(19-15-23)27(34)13-12-22-10-6-7-11-24(22)29/h3-13,16-17,23,26H,14-15,18-20H2,1-2H3/b13-12+/t26-/m1/s1. The predicted octanol–water partition coefficient (Wildman–Crippen LogP) is 4.19. The molecule has 1 aromatic heterocycles. The van der Waals surface area contributed by atoms with Crippen LogP contribution in [0.25, 0.3) is 6.08 Å². The minimum Gasteiger partial charge on any atom is -0.339 e. The van der Waals surface area contributed by atoms with E-state index >= 15 is 0 Å². The summed E-state index contributed by atoms with van der Waals surface area (Å²) in [6, 6.07) is 18.3. The molecule has 1 fully saturated rings. The number of aryl methyl sites for hydroxylation is 1. The van der Waals surface area contributed by atoms with Crippen molar-refractivity contribution in [3.05, 3.63) is 95.6 Å². The number of hydrogen-bond donors (Lipinski definition) is 0. The Bertz CT molecular complexity index is 1180. The summed E-state index contributed by atoms with van der Waals surface area (Å²) in [5, 5.41) is 4.29. The van der Waals surface area contributed by atoms with E-state index in [2.05, 4.69) is 17.2 Å². The molecule has 1 atom stereocenters. The molecule has 0 N–H and O–H groups in total. The summed E-state index contributed by atoms with van der Waals surface area (Å²) in [6.45, 7) is 1.20.